The summed E-state index contributed by atoms with van der Waals surface area (Å²) in [5.74, 6) is -0.163. The summed E-state index contributed by atoms with van der Waals surface area (Å²) in [6.07, 6.45) is 2.43. The van der Waals surface area contributed by atoms with Crippen molar-refractivity contribution in [2.45, 2.75) is 6.42 Å². The molecule has 2 aromatic rings. The number of aromatic amines is 1. The van der Waals surface area contributed by atoms with Crippen molar-refractivity contribution in [2.24, 2.45) is 0 Å². The van der Waals surface area contributed by atoms with Crippen LogP contribution in [-0.4, -0.2) is 17.4 Å². The Balaban J connectivity index is 1.91. The molecule has 0 atom stereocenters. The second-order valence-corrected chi connectivity index (χ2v) is 4.89. The number of H-pyrrole nitrogens is 1. The number of halogens is 1. The third-order valence-corrected chi connectivity index (χ3v) is 3.22. The van der Waals surface area contributed by atoms with E-state index in [0.717, 1.165) is 12.0 Å². The fourth-order valence-corrected chi connectivity index (χ4v) is 2.15. The molecule has 0 aliphatic heterocycles. The summed E-state index contributed by atoms with van der Waals surface area (Å²) >= 11 is 11.0. The average Bonchev–Trinajstić information content (AvgIpc) is 2.39. The minimum Gasteiger partial charge on any atom is -0.352 e. The lowest BCUT2D eigenvalue weighted by atomic mass is 10.1. The van der Waals surface area contributed by atoms with Crippen LogP contribution >= 0.6 is 23.8 Å². The Morgan fingerprint density at radius 1 is 1.32 bits per heavy atom. The van der Waals surface area contributed by atoms with E-state index in [-0.39, 0.29) is 5.91 Å². The van der Waals surface area contributed by atoms with Crippen LogP contribution in [-0.2, 0) is 6.42 Å². The number of hydrogen-bond acceptors (Lipinski definition) is 2. The van der Waals surface area contributed by atoms with Crippen molar-refractivity contribution in [1.82, 2.24) is 10.3 Å². The highest BCUT2D eigenvalue weighted by atomic mass is 35.5. The largest absolute Gasteiger partial charge is 0.352 e. The van der Waals surface area contributed by atoms with E-state index in [0.29, 0.717) is 21.8 Å². The molecule has 1 amide bonds. The van der Waals surface area contributed by atoms with Crippen LogP contribution in [0.15, 0.2) is 42.6 Å². The Labute approximate surface area is 121 Å². The normalized spacial score (nSPS) is 10.2. The summed E-state index contributed by atoms with van der Waals surface area (Å²) in [6.45, 7) is 0.544. The fraction of sp³-hybridized carbons (Fsp3) is 0.143. The highest BCUT2D eigenvalue weighted by Crippen LogP contribution is 2.10. The topological polar surface area (TPSA) is 44.9 Å². The molecule has 0 saturated carbocycles. The van der Waals surface area contributed by atoms with Gasteiger partial charge in [0, 0.05) is 17.8 Å². The van der Waals surface area contributed by atoms with E-state index in [1.165, 1.54) is 0 Å². The molecule has 1 heterocycles. The molecule has 0 aliphatic rings. The predicted octanol–water partition coefficient (Wildman–Crippen LogP) is 3.37. The molecular weight excluding hydrogens is 280 g/mol. The Morgan fingerprint density at radius 2 is 2.16 bits per heavy atom. The van der Waals surface area contributed by atoms with E-state index in [4.69, 9.17) is 23.8 Å². The zero-order valence-electron chi connectivity index (χ0n) is 10.2. The molecule has 0 radical (unpaired) electrons. The summed E-state index contributed by atoms with van der Waals surface area (Å²) in [5.41, 5.74) is 1.58. The summed E-state index contributed by atoms with van der Waals surface area (Å²) in [4.78, 5) is 14.7. The number of carbonyl (C=O) groups excluding carboxylic acids is 1. The third-order valence-electron chi connectivity index (χ3n) is 2.65. The maximum absolute atomic E-state index is 11.9. The molecule has 0 saturated heterocycles. The summed E-state index contributed by atoms with van der Waals surface area (Å²) in [5, 5.41) is 3.54. The number of aromatic nitrogens is 1. The molecule has 2 rings (SSSR count). The van der Waals surface area contributed by atoms with Gasteiger partial charge in [-0.1, -0.05) is 36.0 Å². The van der Waals surface area contributed by atoms with Crippen molar-refractivity contribution in [3.8, 4) is 0 Å². The molecule has 0 unspecified atom stereocenters. The van der Waals surface area contributed by atoms with Crippen LogP contribution in [0.5, 0.6) is 0 Å². The summed E-state index contributed by atoms with van der Waals surface area (Å²) in [6, 6.07) is 11.0. The van der Waals surface area contributed by atoms with Crippen LogP contribution in [0, 0.1) is 4.64 Å². The first-order chi connectivity index (χ1) is 9.16. The van der Waals surface area contributed by atoms with Crippen LogP contribution in [0.25, 0.3) is 0 Å². The molecule has 5 heteroatoms. The van der Waals surface area contributed by atoms with Crippen LogP contribution in [0.2, 0.25) is 5.02 Å². The SMILES string of the molecule is O=C(NCCc1cccc(Cl)c1)c1ccc[nH]c1=S. The van der Waals surface area contributed by atoms with Gasteiger partial charge in [0.1, 0.15) is 4.64 Å². The number of carbonyl (C=O) groups is 1. The minimum atomic E-state index is -0.163. The maximum Gasteiger partial charge on any atom is 0.254 e. The van der Waals surface area contributed by atoms with Crippen molar-refractivity contribution < 1.29 is 4.79 Å². The van der Waals surface area contributed by atoms with Crippen molar-refractivity contribution in [3.05, 3.63) is 63.4 Å². The number of nitrogens with one attached hydrogen (secondary N) is 2. The molecular formula is C14H13ClN2OS. The predicted molar refractivity (Wildman–Crippen MR) is 79.1 cm³/mol. The highest BCUT2D eigenvalue weighted by molar-refractivity contribution is 7.71. The molecule has 3 nitrogen and oxygen atoms in total. The van der Waals surface area contributed by atoms with Crippen LogP contribution in [0.4, 0.5) is 0 Å². The van der Waals surface area contributed by atoms with Gasteiger partial charge in [0.25, 0.3) is 5.91 Å². The van der Waals surface area contributed by atoms with Gasteiger partial charge >= 0.3 is 0 Å². The summed E-state index contributed by atoms with van der Waals surface area (Å²) in [7, 11) is 0. The van der Waals surface area contributed by atoms with E-state index in [2.05, 4.69) is 10.3 Å². The van der Waals surface area contributed by atoms with Crippen molar-refractivity contribution in [2.75, 3.05) is 6.54 Å². The first-order valence-electron chi connectivity index (χ1n) is 5.87. The van der Waals surface area contributed by atoms with Crippen LogP contribution < -0.4 is 5.32 Å². The summed E-state index contributed by atoms with van der Waals surface area (Å²) < 4.78 is 0.447. The average molecular weight is 293 g/mol. The third kappa shape index (κ3) is 3.91. The second-order valence-electron chi connectivity index (χ2n) is 4.05. The van der Waals surface area contributed by atoms with Gasteiger partial charge in [0.2, 0.25) is 0 Å². The Bertz CT molecular complexity index is 639. The maximum atomic E-state index is 11.9. The Kier molecular flexibility index (Phi) is 4.71. The highest BCUT2D eigenvalue weighted by Gasteiger charge is 2.06. The van der Waals surface area contributed by atoms with E-state index in [1.54, 1.807) is 18.3 Å². The molecule has 98 valence electrons. The number of benzene rings is 1. The number of amides is 1. The lowest BCUT2D eigenvalue weighted by Gasteiger charge is -2.05. The smallest absolute Gasteiger partial charge is 0.254 e. The molecule has 1 aromatic carbocycles. The molecule has 2 N–H and O–H groups in total. The molecule has 0 bridgehead atoms. The van der Waals surface area contributed by atoms with E-state index < -0.39 is 0 Å². The second kappa shape index (κ2) is 6.50. The van der Waals surface area contributed by atoms with Crippen molar-refractivity contribution >= 4 is 29.7 Å². The van der Waals surface area contributed by atoms with Crippen LogP contribution in [0.1, 0.15) is 15.9 Å². The van der Waals surface area contributed by atoms with Gasteiger partial charge in [0.05, 0.1) is 5.56 Å². The number of hydrogen-bond donors (Lipinski definition) is 2. The van der Waals surface area contributed by atoms with E-state index in [1.807, 2.05) is 24.3 Å². The van der Waals surface area contributed by atoms with Gasteiger partial charge in [-0.15, -0.1) is 0 Å². The van der Waals surface area contributed by atoms with Crippen LogP contribution in [0.3, 0.4) is 0 Å². The standard InChI is InChI=1S/C14H13ClN2OS/c15-11-4-1-3-10(9-11)6-8-16-13(18)12-5-2-7-17-14(12)19/h1-5,7,9H,6,8H2,(H,16,18)(H,17,19). The quantitative estimate of drug-likeness (QED) is 0.849. The van der Waals surface area contributed by atoms with Crippen molar-refractivity contribution in [3.63, 3.8) is 0 Å². The van der Waals surface area contributed by atoms with Gasteiger partial charge in [-0.3, -0.25) is 4.79 Å². The first kappa shape index (κ1) is 13.8. The molecule has 0 aliphatic carbocycles. The lowest BCUT2D eigenvalue weighted by Crippen LogP contribution is -2.26. The number of pyridine rings is 1. The van der Waals surface area contributed by atoms with E-state index in [9.17, 15) is 4.79 Å². The van der Waals surface area contributed by atoms with Crippen molar-refractivity contribution in [1.29, 1.82) is 0 Å². The van der Waals surface area contributed by atoms with Gasteiger partial charge in [0.15, 0.2) is 0 Å². The van der Waals surface area contributed by atoms with Gasteiger partial charge in [-0.2, -0.15) is 0 Å². The zero-order valence-corrected chi connectivity index (χ0v) is 11.7. The molecule has 19 heavy (non-hydrogen) atoms. The lowest BCUT2D eigenvalue weighted by molar-refractivity contribution is 0.0953. The Hall–Kier alpha value is -1.65. The monoisotopic (exact) mass is 292 g/mol. The molecule has 1 aromatic heterocycles. The van der Waals surface area contributed by atoms with Gasteiger partial charge < -0.3 is 10.3 Å². The first-order valence-corrected chi connectivity index (χ1v) is 6.66. The molecule has 0 fully saturated rings. The zero-order chi connectivity index (χ0) is 13.7. The Morgan fingerprint density at radius 3 is 2.89 bits per heavy atom. The number of rotatable bonds is 4. The fourth-order valence-electron chi connectivity index (χ4n) is 1.71. The molecule has 0 spiro atoms. The van der Waals surface area contributed by atoms with E-state index >= 15 is 0 Å². The van der Waals surface area contributed by atoms with Gasteiger partial charge in [-0.25, -0.2) is 0 Å². The van der Waals surface area contributed by atoms with Gasteiger partial charge in [-0.05, 0) is 36.2 Å². The minimum absolute atomic E-state index is 0.163.